The highest BCUT2D eigenvalue weighted by Gasteiger charge is 2.44. The van der Waals surface area contributed by atoms with Crippen LogP contribution in [0.5, 0.6) is 0 Å². The number of aliphatic hydroxyl groups is 5. The van der Waals surface area contributed by atoms with E-state index in [4.69, 9.17) is 9.47 Å². The molecule has 9 nitrogen and oxygen atoms in total. The molecule has 7 unspecified atom stereocenters. The Bertz CT molecular complexity index is 987. The molecule has 0 saturated carbocycles. The monoisotopic (exact) mass is 808 g/mol. The van der Waals surface area contributed by atoms with Crippen molar-refractivity contribution in [3.63, 3.8) is 0 Å². The van der Waals surface area contributed by atoms with Crippen molar-refractivity contribution in [3.05, 3.63) is 36.5 Å². The molecule has 1 aliphatic heterocycles. The maximum Gasteiger partial charge on any atom is 0.220 e. The summed E-state index contributed by atoms with van der Waals surface area (Å²) in [5.74, 6) is -0.190. The van der Waals surface area contributed by atoms with Crippen LogP contribution in [0.2, 0.25) is 0 Å². The summed E-state index contributed by atoms with van der Waals surface area (Å²) >= 11 is 0. The van der Waals surface area contributed by atoms with Crippen LogP contribution in [-0.2, 0) is 14.3 Å². The van der Waals surface area contributed by atoms with Crippen molar-refractivity contribution < 1.29 is 39.8 Å². The summed E-state index contributed by atoms with van der Waals surface area (Å²) in [6, 6.07) is -0.824. The minimum Gasteiger partial charge on any atom is -0.394 e. The first-order valence-corrected chi connectivity index (χ1v) is 23.7. The van der Waals surface area contributed by atoms with Crippen molar-refractivity contribution in [3.8, 4) is 0 Å². The first-order valence-electron chi connectivity index (χ1n) is 23.7. The van der Waals surface area contributed by atoms with E-state index < -0.39 is 49.5 Å². The highest BCUT2D eigenvalue weighted by Crippen LogP contribution is 2.22. The number of unbranched alkanes of at least 4 members (excludes halogenated alkanes) is 25. The summed E-state index contributed by atoms with van der Waals surface area (Å²) < 4.78 is 11.2. The molecule has 0 bridgehead atoms. The topological polar surface area (TPSA) is 149 Å². The fourth-order valence-electron chi connectivity index (χ4n) is 7.36. The SMILES string of the molecule is CCCCCCCCCC/C=C/CC/C=C/CC/C=C/C(O)C(COC1OC(CO)C(O)C(O)C1O)NC(=O)CCCCCCCCCCCCCCCCCC. The van der Waals surface area contributed by atoms with Crippen LogP contribution >= 0.6 is 0 Å². The van der Waals surface area contributed by atoms with Crippen LogP contribution in [-0.4, -0.2) is 87.5 Å². The van der Waals surface area contributed by atoms with E-state index in [1.807, 2.05) is 6.08 Å². The lowest BCUT2D eigenvalue weighted by molar-refractivity contribution is -0.302. The average molecular weight is 808 g/mol. The molecule has 1 fully saturated rings. The van der Waals surface area contributed by atoms with Gasteiger partial charge in [-0.15, -0.1) is 0 Å². The molecule has 0 aromatic heterocycles. The van der Waals surface area contributed by atoms with Gasteiger partial charge in [0.25, 0.3) is 0 Å². The smallest absolute Gasteiger partial charge is 0.220 e. The van der Waals surface area contributed by atoms with Crippen LogP contribution in [0.1, 0.15) is 206 Å². The fourth-order valence-corrected chi connectivity index (χ4v) is 7.36. The van der Waals surface area contributed by atoms with Crippen LogP contribution in [0.15, 0.2) is 36.5 Å². The van der Waals surface area contributed by atoms with Gasteiger partial charge in [-0.1, -0.05) is 192 Å². The Labute approximate surface area is 349 Å². The van der Waals surface area contributed by atoms with Gasteiger partial charge in [0.1, 0.15) is 24.4 Å². The number of hydrogen-bond acceptors (Lipinski definition) is 8. The van der Waals surface area contributed by atoms with Gasteiger partial charge in [-0.25, -0.2) is 0 Å². The maximum absolute atomic E-state index is 13.0. The van der Waals surface area contributed by atoms with E-state index in [0.29, 0.717) is 6.42 Å². The van der Waals surface area contributed by atoms with Gasteiger partial charge >= 0.3 is 0 Å². The standard InChI is InChI=1S/C48H89NO8/c1-3-5-7-9-11-13-15-17-19-21-22-23-25-27-29-31-33-35-37-42(51)41(40-56-48-47(55)46(54)45(53)43(39-50)57-48)49-44(52)38-36-34-32-30-28-26-24-20-18-16-14-12-10-8-6-4-2/h21-22,27,29,35,37,41-43,45-48,50-51,53-55H,3-20,23-26,28,30-34,36,38-40H2,1-2H3,(H,49,52)/b22-21+,29-27+,37-35+. The number of ether oxygens (including phenoxy) is 2. The Balaban J connectivity index is 2.38. The largest absolute Gasteiger partial charge is 0.394 e. The lowest BCUT2D eigenvalue weighted by Gasteiger charge is -2.40. The van der Waals surface area contributed by atoms with Gasteiger partial charge in [-0.2, -0.15) is 0 Å². The van der Waals surface area contributed by atoms with Crippen LogP contribution in [0, 0.1) is 0 Å². The minimum atomic E-state index is -1.57. The number of allylic oxidation sites excluding steroid dienone is 5. The van der Waals surface area contributed by atoms with Crippen LogP contribution < -0.4 is 5.32 Å². The molecule has 0 spiro atoms. The zero-order valence-electron chi connectivity index (χ0n) is 36.6. The fraction of sp³-hybridized carbons (Fsp3) is 0.854. The van der Waals surface area contributed by atoms with Crippen LogP contribution in [0.25, 0.3) is 0 Å². The quantitative estimate of drug-likeness (QED) is 0.0266. The summed E-state index contributed by atoms with van der Waals surface area (Å²) in [7, 11) is 0. The van der Waals surface area contributed by atoms with Crippen molar-refractivity contribution in [2.75, 3.05) is 13.2 Å². The van der Waals surface area contributed by atoms with Crippen LogP contribution in [0.3, 0.4) is 0 Å². The zero-order valence-corrected chi connectivity index (χ0v) is 36.6. The zero-order chi connectivity index (χ0) is 41.6. The predicted octanol–water partition coefficient (Wildman–Crippen LogP) is 10.1. The van der Waals surface area contributed by atoms with E-state index in [-0.39, 0.29) is 12.5 Å². The highest BCUT2D eigenvalue weighted by atomic mass is 16.7. The van der Waals surface area contributed by atoms with E-state index in [2.05, 4.69) is 43.5 Å². The number of carbonyl (C=O) groups excluding carboxylic acids is 1. The first-order chi connectivity index (χ1) is 27.8. The third-order valence-electron chi connectivity index (χ3n) is 11.2. The number of aliphatic hydroxyl groups excluding tert-OH is 5. The first kappa shape index (κ1) is 53.4. The van der Waals surface area contributed by atoms with E-state index >= 15 is 0 Å². The number of carbonyl (C=O) groups is 1. The van der Waals surface area contributed by atoms with Gasteiger partial charge in [-0.05, 0) is 44.9 Å². The molecule has 0 radical (unpaired) electrons. The Morgan fingerprint density at radius 1 is 0.579 bits per heavy atom. The lowest BCUT2D eigenvalue weighted by Crippen LogP contribution is -2.60. The van der Waals surface area contributed by atoms with Crippen molar-refractivity contribution in [1.29, 1.82) is 0 Å². The molecule has 1 aliphatic rings. The normalized spacial score (nSPS) is 21.3. The Morgan fingerprint density at radius 3 is 1.47 bits per heavy atom. The second kappa shape index (κ2) is 38.6. The minimum absolute atomic E-state index is 0.190. The summed E-state index contributed by atoms with van der Waals surface area (Å²) in [6.45, 7) is 3.75. The molecule has 0 aromatic rings. The highest BCUT2D eigenvalue weighted by molar-refractivity contribution is 5.76. The van der Waals surface area contributed by atoms with Crippen molar-refractivity contribution >= 4 is 5.91 Å². The summed E-state index contributed by atoms with van der Waals surface area (Å²) in [5, 5.41) is 54.2. The van der Waals surface area contributed by atoms with Gasteiger partial charge in [0.2, 0.25) is 5.91 Å². The van der Waals surface area contributed by atoms with Crippen molar-refractivity contribution in [1.82, 2.24) is 5.32 Å². The summed E-state index contributed by atoms with van der Waals surface area (Å²) in [6.07, 6.45) is 40.4. The molecule has 9 heteroatoms. The third-order valence-corrected chi connectivity index (χ3v) is 11.2. The van der Waals surface area contributed by atoms with Gasteiger partial charge in [0.15, 0.2) is 6.29 Å². The molecule has 7 atom stereocenters. The van der Waals surface area contributed by atoms with Gasteiger partial charge in [-0.3, -0.25) is 4.79 Å². The van der Waals surface area contributed by atoms with Gasteiger partial charge < -0.3 is 40.3 Å². The Morgan fingerprint density at radius 2 is 1.00 bits per heavy atom. The summed E-state index contributed by atoms with van der Waals surface area (Å²) in [4.78, 5) is 13.0. The Kier molecular flexibility index (Phi) is 36.2. The molecule has 1 rings (SSSR count). The second-order valence-corrected chi connectivity index (χ2v) is 16.5. The van der Waals surface area contributed by atoms with Gasteiger partial charge in [0, 0.05) is 6.42 Å². The van der Waals surface area contributed by atoms with Gasteiger partial charge in [0.05, 0.1) is 25.4 Å². The number of nitrogens with one attached hydrogen (secondary N) is 1. The van der Waals surface area contributed by atoms with Crippen molar-refractivity contribution in [2.45, 2.75) is 249 Å². The lowest BCUT2D eigenvalue weighted by atomic mass is 9.99. The predicted molar refractivity (Wildman–Crippen MR) is 235 cm³/mol. The molecule has 0 aromatic carbocycles. The maximum atomic E-state index is 13.0. The molecule has 1 heterocycles. The summed E-state index contributed by atoms with van der Waals surface area (Å²) in [5.41, 5.74) is 0. The molecule has 57 heavy (non-hydrogen) atoms. The van der Waals surface area contributed by atoms with Crippen molar-refractivity contribution in [2.24, 2.45) is 0 Å². The molecular weight excluding hydrogens is 719 g/mol. The molecule has 334 valence electrons. The number of hydrogen-bond donors (Lipinski definition) is 6. The van der Waals surface area contributed by atoms with E-state index in [1.54, 1.807) is 6.08 Å². The van der Waals surface area contributed by atoms with E-state index in [9.17, 15) is 30.3 Å². The number of rotatable bonds is 39. The van der Waals surface area contributed by atoms with E-state index in [1.165, 1.54) is 141 Å². The number of amides is 1. The second-order valence-electron chi connectivity index (χ2n) is 16.5. The molecule has 1 saturated heterocycles. The average Bonchev–Trinajstić information content (AvgIpc) is 3.21. The molecular formula is C48H89NO8. The Hall–Kier alpha value is -1.59. The molecule has 6 N–H and O–H groups in total. The van der Waals surface area contributed by atoms with Crippen LogP contribution in [0.4, 0.5) is 0 Å². The molecule has 1 amide bonds. The van der Waals surface area contributed by atoms with E-state index in [0.717, 1.165) is 44.9 Å². The third kappa shape index (κ3) is 29.3. The molecule has 0 aliphatic carbocycles.